The van der Waals surface area contributed by atoms with Gasteiger partial charge in [0.15, 0.2) is 0 Å². The van der Waals surface area contributed by atoms with Crippen LogP contribution in [0.4, 0.5) is 10.6 Å². The molecule has 1 aromatic heterocycles. The Bertz CT molecular complexity index is 655. The third-order valence-electron chi connectivity index (χ3n) is 3.39. The molecule has 1 aromatic carbocycles. The van der Waals surface area contributed by atoms with Gasteiger partial charge in [0.1, 0.15) is 5.82 Å². The average Bonchev–Trinajstić information content (AvgIpc) is 2.85. The van der Waals surface area contributed by atoms with Gasteiger partial charge in [-0.05, 0) is 24.1 Å². The molecule has 0 saturated carbocycles. The molecule has 124 valence electrons. The Hall–Kier alpha value is -2.05. The Morgan fingerprint density at radius 2 is 2.09 bits per heavy atom. The molecule has 1 atom stereocenters. The van der Waals surface area contributed by atoms with E-state index in [1.54, 1.807) is 36.0 Å². The highest BCUT2D eigenvalue weighted by molar-refractivity contribution is 6.30. The van der Waals surface area contributed by atoms with Gasteiger partial charge in [0.2, 0.25) is 0 Å². The van der Waals surface area contributed by atoms with Crippen LogP contribution in [-0.2, 0) is 13.5 Å². The molecule has 0 radical (unpaired) electrons. The summed E-state index contributed by atoms with van der Waals surface area (Å²) in [6, 6.07) is 8.31. The standard InChI is InChI=1S/C16H21ClN4O2/c1-3-4-13-9-15(21(2)20-13)19-16(23)18-10-14(22)11-5-7-12(17)8-6-11/h5-9,14,22H,3-4,10H2,1-2H3,(H2,18,19,23). The molecule has 3 N–H and O–H groups in total. The van der Waals surface area contributed by atoms with Crippen molar-refractivity contribution in [3.63, 3.8) is 0 Å². The maximum absolute atomic E-state index is 11.9. The summed E-state index contributed by atoms with van der Waals surface area (Å²) in [5.41, 5.74) is 1.63. The van der Waals surface area contributed by atoms with Crippen LogP contribution in [0.3, 0.4) is 0 Å². The number of nitrogens with one attached hydrogen (secondary N) is 2. The number of hydrogen-bond donors (Lipinski definition) is 3. The maximum atomic E-state index is 11.9. The fourth-order valence-corrected chi connectivity index (χ4v) is 2.30. The summed E-state index contributed by atoms with van der Waals surface area (Å²) in [6.07, 6.45) is 1.07. The third-order valence-corrected chi connectivity index (χ3v) is 3.64. The molecule has 2 rings (SSSR count). The zero-order valence-electron chi connectivity index (χ0n) is 13.2. The molecule has 1 unspecified atom stereocenters. The molecule has 7 heteroatoms. The number of aryl methyl sites for hydroxylation is 2. The van der Waals surface area contributed by atoms with E-state index in [1.807, 2.05) is 6.07 Å². The van der Waals surface area contributed by atoms with Crippen LogP contribution in [0.25, 0.3) is 0 Å². The Morgan fingerprint density at radius 3 is 2.74 bits per heavy atom. The second-order valence-corrected chi connectivity index (χ2v) is 5.73. The Morgan fingerprint density at radius 1 is 1.39 bits per heavy atom. The molecule has 1 heterocycles. The zero-order chi connectivity index (χ0) is 16.8. The van der Waals surface area contributed by atoms with E-state index in [1.165, 1.54) is 0 Å². The Balaban J connectivity index is 1.86. The lowest BCUT2D eigenvalue weighted by Crippen LogP contribution is -2.33. The first-order valence-corrected chi connectivity index (χ1v) is 7.88. The Labute approximate surface area is 140 Å². The van der Waals surface area contributed by atoms with Gasteiger partial charge in [0.05, 0.1) is 11.8 Å². The Kier molecular flexibility index (Phi) is 6.01. The fraction of sp³-hybridized carbons (Fsp3) is 0.375. The van der Waals surface area contributed by atoms with E-state index in [2.05, 4.69) is 22.7 Å². The number of halogens is 1. The molecule has 0 spiro atoms. The van der Waals surface area contributed by atoms with Crippen molar-refractivity contribution in [1.29, 1.82) is 0 Å². The predicted molar refractivity (Wildman–Crippen MR) is 90.6 cm³/mol. The quantitative estimate of drug-likeness (QED) is 0.759. The van der Waals surface area contributed by atoms with Crippen LogP contribution in [0.2, 0.25) is 5.02 Å². The number of benzene rings is 1. The SMILES string of the molecule is CCCc1cc(NC(=O)NCC(O)c2ccc(Cl)cc2)n(C)n1. The topological polar surface area (TPSA) is 79.2 Å². The van der Waals surface area contributed by atoms with Gasteiger partial charge >= 0.3 is 6.03 Å². The van der Waals surface area contributed by atoms with Crippen molar-refractivity contribution >= 4 is 23.4 Å². The van der Waals surface area contributed by atoms with Gasteiger partial charge in [-0.15, -0.1) is 0 Å². The van der Waals surface area contributed by atoms with Crippen LogP contribution in [0.1, 0.15) is 30.7 Å². The van der Waals surface area contributed by atoms with Gasteiger partial charge in [0, 0.05) is 24.7 Å². The second-order valence-electron chi connectivity index (χ2n) is 5.30. The number of amides is 2. The van der Waals surface area contributed by atoms with Crippen LogP contribution in [0, 0.1) is 0 Å². The number of carbonyl (C=O) groups is 1. The molecule has 0 aliphatic heterocycles. The number of anilines is 1. The summed E-state index contributed by atoms with van der Waals surface area (Å²) < 4.78 is 1.63. The molecule has 23 heavy (non-hydrogen) atoms. The number of aromatic nitrogens is 2. The minimum absolute atomic E-state index is 0.104. The van der Waals surface area contributed by atoms with Crippen molar-refractivity contribution in [3.8, 4) is 0 Å². The molecule has 0 saturated heterocycles. The van der Waals surface area contributed by atoms with E-state index in [9.17, 15) is 9.90 Å². The van der Waals surface area contributed by atoms with E-state index in [0.717, 1.165) is 18.5 Å². The van der Waals surface area contributed by atoms with Crippen molar-refractivity contribution in [3.05, 3.63) is 46.6 Å². The lowest BCUT2D eigenvalue weighted by atomic mass is 10.1. The number of hydrogen-bond acceptors (Lipinski definition) is 3. The van der Waals surface area contributed by atoms with Gasteiger partial charge in [-0.3, -0.25) is 10.00 Å². The number of aliphatic hydroxyl groups is 1. The van der Waals surface area contributed by atoms with Crippen LogP contribution in [0.5, 0.6) is 0 Å². The van der Waals surface area contributed by atoms with Gasteiger partial charge in [-0.1, -0.05) is 37.1 Å². The van der Waals surface area contributed by atoms with Gasteiger partial charge in [0.25, 0.3) is 0 Å². The molecular formula is C16H21ClN4O2. The monoisotopic (exact) mass is 336 g/mol. The normalized spacial score (nSPS) is 12.0. The zero-order valence-corrected chi connectivity index (χ0v) is 14.0. The van der Waals surface area contributed by atoms with Gasteiger partial charge in [-0.2, -0.15) is 5.10 Å². The number of carbonyl (C=O) groups excluding carboxylic acids is 1. The van der Waals surface area contributed by atoms with Crippen molar-refractivity contribution < 1.29 is 9.90 Å². The molecule has 2 amide bonds. The van der Waals surface area contributed by atoms with E-state index < -0.39 is 6.10 Å². The highest BCUT2D eigenvalue weighted by Gasteiger charge is 2.11. The molecule has 0 bridgehead atoms. The fourth-order valence-electron chi connectivity index (χ4n) is 2.17. The smallest absolute Gasteiger partial charge is 0.320 e. The summed E-state index contributed by atoms with van der Waals surface area (Å²) in [5.74, 6) is 0.618. The van der Waals surface area contributed by atoms with Crippen molar-refractivity contribution in [1.82, 2.24) is 15.1 Å². The lowest BCUT2D eigenvalue weighted by Gasteiger charge is -2.13. The average molecular weight is 337 g/mol. The summed E-state index contributed by atoms with van der Waals surface area (Å²) in [7, 11) is 1.78. The van der Waals surface area contributed by atoms with Crippen LogP contribution in [-0.4, -0.2) is 27.5 Å². The van der Waals surface area contributed by atoms with Crippen LogP contribution >= 0.6 is 11.6 Å². The maximum Gasteiger partial charge on any atom is 0.320 e. The number of urea groups is 1. The third kappa shape index (κ3) is 4.97. The first-order chi connectivity index (χ1) is 11.0. The van der Waals surface area contributed by atoms with Crippen LogP contribution < -0.4 is 10.6 Å². The number of nitrogens with zero attached hydrogens (tertiary/aromatic N) is 2. The van der Waals surface area contributed by atoms with Crippen LogP contribution in [0.15, 0.2) is 30.3 Å². The van der Waals surface area contributed by atoms with E-state index in [-0.39, 0.29) is 12.6 Å². The molecule has 6 nitrogen and oxygen atoms in total. The predicted octanol–water partition coefficient (Wildman–Crippen LogP) is 2.88. The summed E-state index contributed by atoms with van der Waals surface area (Å²) >= 11 is 5.80. The van der Waals surface area contributed by atoms with E-state index in [0.29, 0.717) is 16.4 Å². The van der Waals surface area contributed by atoms with E-state index >= 15 is 0 Å². The van der Waals surface area contributed by atoms with Crippen molar-refractivity contribution in [2.24, 2.45) is 7.05 Å². The van der Waals surface area contributed by atoms with E-state index in [4.69, 9.17) is 11.6 Å². The first-order valence-electron chi connectivity index (χ1n) is 7.51. The first kappa shape index (κ1) is 17.3. The number of rotatable bonds is 6. The summed E-state index contributed by atoms with van der Waals surface area (Å²) in [4.78, 5) is 11.9. The molecule has 0 aliphatic carbocycles. The van der Waals surface area contributed by atoms with Crippen molar-refractivity contribution in [2.75, 3.05) is 11.9 Å². The minimum Gasteiger partial charge on any atom is -0.387 e. The van der Waals surface area contributed by atoms with Gasteiger partial charge < -0.3 is 10.4 Å². The lowest BCUT2D eigenvalue weighted by molar-refractivity contribution is 0.175. The summed E-state index contributed by atoms with van der Waals surface area (Å²) in [5, 5.41) is 20.3. The number of aliphatic hydroxyl groups excluding tert-OH is 1. The molecule has 0 aliphatic rings. The van der Waals surface area contributed by atoms with Crippen molar-refractivity contribution in [2.45, 2.75) is 25.9 Å². The highest BCUT2D eigenvalue weighted by atomic mass is 35.5. The largest absolute Gasteiger partial charge is 0.387 e. The second kappa shape index (κ2) is 7.99. The van der Waals surface area contributed by atoms with Gasteiger partial charge in [-0.25, -0.2) is 4.79 Å². The molecule has 0 fully saturated rings. The molecule has 2 aromatic rings. The summed E-state index contributed by atoms with van der Waals surface area (Å²) in [6.45, 7) is 2.18. The highest BCUT2D eigenvalue weighted by Crippen LogP contribution is 2.16. The minimum atomic E-state index is -0.791. The molecular weight excluding hydrogens is 316 g/mol.